The largest absolute Gasteiger partial charge is 0.327 e. The van der Waals surface area contributed by atoms with Crippen LogP contribution in [0.3, 0.4) is 0 Å². The van der Waals surface area contributed by atoms with Crippen molar-refractivity contribution < 1.29 is 0 Å². The van der Waals surface area contributed by atoms with Gasteiger partial charge in [-0.1, -0.05) is 33.1 Å². The Labute approximate surface area is 76.7 Å². The minimum atomic E-state index is 0.476. The topological polar surface area (TPSA) is 26.0 Å². The summed E-state index contributed by atoms with van der Waals surface area (Å²) in [5.74, 6) is 1.75. The molecule has 1 heteroatoms. The summed E-state index contributed by atoms with van der Waals surface area (Å²) in [6.45, 7) is 4.57. The summed E-state index contributed by atoms with van der Waals surface area (Å²) >= 11 is 0. The van der Waals surface area contributed by atoms with Crippen molar-refractivity contribution in [3.8, 4) is 0 Å². The molecule has 0 heterocycles. The Morgan fingerprint density at radius 2 is 2.00 bits per heavy atom. The highest BCUT2D eigenvalue weighted by Crippen LogP contribution is 2.38. The zero-order valence-electron chi connectivity index (χ0n) is 8.55. The summed E-state index contributed by atoms with van der Waals surface area (Å²) in [7, 11) is 0. The fraction of sp³-hybridized carbons (Fsp3) is 1.00. The van der Waals surface area contributed by atoms with Gasteiger partial charge in [0, 0.05) is 6.04 Å². The van der Waals surface area contributed by atoms with Gasteiger partial charge in [0.05, 0.1) is 0 Å². The van der Waals surface area contributed by atoms with Crippen LogP contribution in [0.25, 0.3) is 0 Å². The molecule has 0 amide bonds. The average Bonchev–Trinajstić information content (AvgIpc) is 2.86. The first-order valence-electron chi connectivity index (χ1n) is 5.51. The molecule has 1 saturated carbocycles. The van der Waals surface area contributed by atoms with Crippen LogP contribution in [0, 0.1) is 11.8 Å². The maximum absolute atomic E-state index is 6.10. The van der Waals surface area contributed by atoms with Crippen LogP contribution in [0.2, 0.25) is 0 Å². The van der Waals surface area contributed by atoms with E-state index in [0.717, 1.165) is 11.8 Å². The predicted octanol–water partition coefficient (Wildman–Crippen LogP) is 2.94. The SMILES string of the molecule is CCCCCC(N)C(C)C1CC1. The smallest absolute Gasteiger partial charge is 0.00671 e. The third kappa shape index (κ3) is 3.14. The van der Waals surface area contributed by atoms with Crippen molar-refractivity contribution in [3.05, 3.63) is 0 Å². The molecule has 2 atom stereocenters. The zero-order chi connectivity index (χ0) is 8.97. The van der Waals surface area contributed by atoms with Crippen molar-refractivity contribution >= 4 is 0 Å². The minimum Gasteiger partial charge on any atom is -0.327 e. The molecule has 0 aromatic heterocycles. The average molecular weight is 169 g/mol. The summed E-state index contributed by atoms with van der Waals surface area (Å²) in [4.78, 5) is 0. The molecule has 1 aliphatic carbocycles. The quantitative estimate of drug-likeness (QED) is 0.608. The van der Waals surface area contributed by atoms with E-state index >= 15 is 0 Å². The number of nitrogens with two attached hydrogens (primary N) is 1. The van der Waals surface area contributed by atoms with Crippen LogP contribution in [-0.2, 0) is 0 Å². The molecule has 72 valence electrons. The van der Waals surface area contributed by atoms with Gasteiger partial charge < -0.3 is 5.73 Å². The van der Waals surface area contributed by atoms with E-state index in [0.29, 0.717) is 6.04 Å². The Balaban J connectivity index is 2.04. The first-order chi connectivity index (χ1) is 5.75. The van der Waals surface area contributed by atoms with E-state index < -0.39 is 0 Å². The fourth-order valence-corrected chi connectivity index (χ4v) is 1.86. The second-order valence-corrected chi connectivity index (χ2v) is 4.36. The summed E-state index contributed by atoms with van der Waals surface area (Å²) in [6.07, 6.45) is 8.10. The van der Waals surface area contributed by atoms with Gasteiger partial charge in [-0.15, -0.1) is 0 Å². The van der Waals surface area contributed by atoms with Crippen molar-refractivity contribution in [2.45, 2.75) is 58.4 Å². The maximum atomic E-state index is 6.10. The molecule has 0 radical (unpaired) electrons. The first kappa shape index (κ1) is 10.0. The van der Waals surface area contributed by atoms with Gasteiger partial charge in [-0.25, -0.2) is 0 Å². The van der Waals surface area contributed by atoms with Crippen molar-refractivity contribution in [3.63, 3.8) is 0 Å². The van der Waals surface area contributed by atoms with Gasteiger partial charge in [0.25, 0.3) is 0 Å². The molecule has 1 nitrogen and oxygen atoms in total. The highest BCUT2D eigenvalue weighted by molar-refractivity contribution is 4.84. The molecule has 0 saturated heterocycles. The van der Waals surface area contributed by atoms with Crippen LogP contribution in [0.5, 0.6) is 0 Å². The molecule has 0 spiro atoms. The van der Waals surface area contributed by atoms with Crippen LogP contribution < -0.4 is 5.73 Å². The lowest BCUT2D eigenvalue weighted by Crippen LogP contribution is -2.29. The lowest BCUT2D eigenvalue weighted by atomic mass is 9.93. The van der Waals surface area contributed by atoms with E-state index in [9.17, 15) is 0 Å². The standard InChI is InChI=1S/C11H23N/c1-3-4-5-6-11(12)9(2)10-7-8-10/h9-11H,3-8,12H2,1-2H3. The van der Waals surface area contributed by atoms with Crippen LogP contribution in [0.4, 0.5) is 0 Å². The Morgan fingerprint density at radius 3 is 2.50 bits per heavy atom. The second-order valence-electron chi connectivity index (χ2n) is 4.36. The van der Waals surface area contributed by atoms with Gasteiger partial charge in [-0.2, -0.15) is 0 Å². The molecule has 0 aromatic rings. The van der Waals surface area contributed by atoms with E-state index in [1.807, 2.05) is 0 Å². The van der Waals surface area contributed by atoms with Crippen LogP contribution in [0.1, 0.15) is 52.4 Å². The molecule has 0 bridgehead atoms. The van der Waals surface area contributed by atoms with Crippen molar-refractivity contribution in [1.29, 1.82) is 0 Å². The number of unbranched alkanes of at least 4 members (excludes halogenated alkanes) is 2. The summed E-state index contributed by atoms with van der Waals surface area (Å²) in [5, 5.41) is 0. The van der Waals surface area contributed by atoms with E-state index in [-0.39, 0.29) is 0 Å². The van der Waals surface area contributed by atoms with E-state index in [1.54, 1.807) is 0 Å². The lowest BCUT2D eigenvalue weighted by molar-refractivity contribution is 0.377. The molecule has 12 heavy (non-hydrogen) atoms. The fourth-order valence-electron chi connectivity index (χ4n) is 1.86. The highest BCUT2D eigenvalue weighted by Gasteiger charge is 2.31. The predicted molar refractivity (Wildman–Crippen MR) is 54.0 cm³/mol. The van der Waals surface area contributed by atoms with Gasteiger partial charge in [-0.3, -0.25) is 0 Å². The monoisotopic (exact) mass is 169 g/mol. The Bertz CT molecular complexity index is 118. The van der Waals surface area contributed by atoms with E-state index in [2.05, 4.69) is 13.8 Å². The molecular weight excluding hydrogens is 146 g/mol. The Kier molecular flexibility index (Phi) is 4.07. The van der Waals surface area contributed by atoms with Crippen LogP contribution in [0.15, 0.2) is 0 Å². The van der Waals surface area contributed by atoms with Crippen molar-refractivity contribution in [2.24, 2.45) is 17.6 Å². The molecule has 1 aliphatic rings. The van der Waals surface area contributed by atoms with Crippen LogP contribution >= 0.6 is 0 Å². The molecule has 2 N–H and O–H groups in total. The van der Waals surface area contributed by atoms with E-state index in [4.69, 9.17) is 5.73 Å². The molecule has 2 unspecified atom stereocenters. The normalized spacial score (nSPS) is 22.2. The van der Waals surface area contributed by atoms with Gasteiger partial charge in [0.1, 0.15) is 0 Å². The highest BCUT2D eigenvalue weighted by atomic mass is 14.7. The van der Waals surface area contributed by atoms with Gasteiger partial charge >= 0.3 is 0 Å². The molecular formula is C11H23N. The second kappa shape index (κ2) is 4.86. The summed E-state index contributed by atoms with van der Waals surface area (Å²) < 4.78 is 0. The number of hydrogen-bond acceptors (Lipinski definition) is 1. The molecule has 1 rings (SSSR count). The third-order valence-electron chi connectivity index (χ3n) is 3.18. The number of rotatable bonds is 6. The van der Waals surface area contributed by atoms with Gasteiger partial charge in [0.15, 0.2) is 0 Å². The third-order valence-corrected chi connectivity index (χ3v) is 3.18. The van der Waals surface area contributed by atoms with Crippen LogP contribution in [-0.4, -0.2) is 6.04 Å². The summed E-state index contributed by atoms with van der Waals surface area (Å²) in [5.41, 5.74) is 6.10. The molecule has 0 aromatic carbocycles. The molecule has 0 aliphatic heterocycles. The number of hydrogen-bond donors (Lipinski definition) is 1. The van der Waals surface area contributed by atoms with Crippen molar-refractivity contribution in [2.75, 3.05) is 0 Å². The molecule has 1 fully saturated rings. The first-order valence-corrected chi connectivity index (χ1v) is 5.51. The lowest BCUT2D eigenvalue weighted by Gasteiger charge is -2.18. The van der Waals surface area contributed by atoms with Crippen molar-refractivity contribution in [1.82, 2.24) is 0 Å². The van der Waals surface area contributed by atoms with Gasteiger partial charge in [0.2, 0.25) is 0 Å². The maximum Gasteiger partial charge on any atom is 0.00671 e. The van der Waals surface area contributed by atoms with Gasteiger partial charge in [-0.05, 0) is 31.1 Å². The Hall–Kier alpha value is -0.0400. The minimum absolute atomic E-state index is 0.476. The zero-order valence-corrected chi connectivity index (χ0v) is 8.55. The summed E-state index contributed by atoms with van der Waals surface area (Å²) in [6, 6.07) is 0.476. The van der Waals surface area contributed by atoms with E-state index in [1.165, 1.54) is 38.5 Å². The Morgan fingerprint density at radius 1 is 1.33 bits per heavy atom.